The molecule has 1 N–H and O–H groups in total. The molecule has 0 aromatic rings. The second-order valence-electron chi connectivity index (χ2n) is 5.27. The van der Waals surface area contributed by atoms with Crippen LogP contribution >= 0.6 is 0 Å². The largest absolute Gasteiger partial charge is 0.374 e. The number of amidine groups is 1. The smallest absolute Gasteiger partial charge is 0.0963 e. The molecule has 0 saturated heterocycles. The van der Waals surface area contributed by atoms with Gasteiger partial charge in [0.15, 0.2) is 0 Å². The molecule has 2 nitrogen and oxygen atoms in total. The highest BCUT2D eigenvalue weighted by Gasteiger charge is 2.17. The maximum absolute atomic E-state index is 4.44. The summed E-state index contributed by atoms with van der Waals surface area (Å²) < 4.78 is 0. The van der Waals surface area contributed by atoms with E-state index in [4.69, 9.17) is 0 Å². The Morgan fingerprint density at radius 3 is 2.73 bits per heavy atom. The standard InChI is InChI=1S/C13H24N2/c1-11-4-6-12(7-5-11)8-10-15-13-3-2-9-14-13/h11-12H,2-10H2,1H3,(H,14,15). The van der Waals surface area contributed by atoms with Crippen LogP contribution in [0.3, 0.4) is 0 Å². The molecule has 86 valence electrons. The summed E-state index contributed by atoms with van der Waals surface area (Å²) >= 11 is 0. The summed E-state index contributed by atoms with van der Waals surface area (Å²) in [6.45, 7) is 4.59. The number of aliphatic imine (C=N–C) groups is 1. The molecule has 0 amide bonds. The Hall–Kier alpha value is -0.530. The van der Waals surface area contributed by atoms with E-state index >= 15 is 0 Å². The minimum absolute atomic E-state index is 0.980. The third kappa shape index (κ3) is 3.51. The molecule has 1 fully saturated rings. The zero-order chi connectivity index (χ0) is 10.5. The van der Waals surface area contributed by atoms with Gasteiger partial charge in [0.25, 0.3) is 0 Å². The minimum atomic E-state index is 0.980. The first kappa shape index (κ1) is 11.0. The Labute approximate surface area is 93.6 Å². The van der Waals surface area contributed by atoms with Crippen LogP contribution in [0.2, 0.25) is 0 Å². The SMILES string of the molecule is CC1CCC(CCNC2=NCCC2)CC1. The summed E-state index contributed by atoms with van der Waals surface area (Å²) in [5.41, 5.74) is 0. The molecule has 0 radical (unpaired) electrons. The molecule has 2 aliphatic rings. The summed E-state index contributed by atoms with van der Waals surface area (Å²) in [5, 5.41) is 3.49. The van der Waals surface area contributed by atoms with Gasteiger partial charge in [-0.25, -0.2) is 0 Å². The second-order valence-corrected chi connectivity index (χ2v) is 5.27. The lowest BCUT2D eigenvalue weighted by molar-refractivity contribution is 0.278. The van der Waals surface area contributed by atoms with Crippen molar-refractivity contribution in [3.8, 4) is 0 Å². The fourth-order valence-corrected chi connectivity index (χ4v) is 2.72. The Bertz CT molecular complexity index is 215. The van der Waals surface area contributed by atoms with Gasteiger partial charge in [0, 0.05) is 19.5 Å². The summed E-state index contributed by atoms with van der Waals surface area (Å²) in [6, 6.07) is 0. The van der Waals surface area contributed by atoms with Gasteiger partial charge in [-0.1, -0.05) is 32.6 Å². The van der Waals surface area contributed by atoms with E-state index in [2.05, 4.69) is 17.2 Å². The van der Waals surface area contributed by atoms with Crippen LogP contribution in [0, 0.1) is 11.8 Å². The molecule has 1 aliphatic heterocycles. The van der Waals surface area contributed by atoms with Crippen molar-refractivity contribution in [1.29, 1.82) is 0 Å². The van der Waals surface area contributed by atoms with Crippen molar-refractivity contribution in [3.63, 3.8) is 0 Å². The Morgan fingerprint density at radius 2 is 2.07 bits per heavy atom. The van der Waals surface area contributed by atoms with E-state index in [1.54, 1.807) is 0 Å². The third-order valence-corrected chi connectivity index (χ3v) is 3.89. The molecule has 2 rings (SSSR count). The van der Waals surface area contributed by atoms with Crippen LogP contribution < -0.4 is 5.32 Å². The van der Waals surface area contributed by atoms with Crippen LogP contribution in [0.5, 0.6) is 0 Å². The van der Waals surface area contributed by atoms with Gasteiger partial charge >= 0.3 is 0 Å². The van der Waals surface area contributed by atoms with Crippen LogP contribution in [0.4, 0.5) is 0 Å². The topological polar surface area (TPSA) is 24.4 Å². The van der Waals surface area contributed by atoms with Gasteiger partial charge < -0.3 is 5.32 Å². The fourth-order valence-electron chi connectivity index (χ4n) is 2.72. The number of rotatable bonds is 3. The van der Waals surface area contributed by atoms with Crippen LogP contribution in [0.15, 0.2) is 4.99 Å². The van der Waals surface area contributed by atoms with Gasteiger partial charge in [-0.2, -0.15) is 0 Å². The molecule has 2 heteroatoms. The first-order valence-corrected chi connectivity index (χ1v) is 6.62. The molecule has 0 aromatic carbocycles. The van der Waals surface area contributed by atoms with Crippen molar-refractivity contribution >= 4 is 5.84 Å². The van der Waals surface area contributed by atoms with Crippen LogP contribution in [0.25, 0.3) is 0 Å². The molecular formula is C13H24N2. The number of hydrogen-bond acceptors (Lipinski definition) is 2. The maximum Gasteiger partial charge on any atom is 0.0963 e. The van der Waals surface area contributed by atoms with E-state index in [1.807, 2.05) is 0 Å². The molecule has 0 unspecified atom stereocenters. The maximum atomic E-state index is 4.44. The number of nitrogens with one attached hydrogen (secondary N) is 1. The fraction of sp³-hybridized carbons (Fsp3) is 0.923. The van der Waals surface area contributed by atoms with Gasteiger partial charge in [-0.05, 0) is 24.7 Å². The molecule has 0 atom stereocenters. The van der Waals surface area contributed by atoms with Crippen molar-refractivity contribution in [2.45, 2.75) is 51.9 Å². The Balaban J connectivity index is 1.57. The second kappa shape index (κ2) is 5.53. The number of nitrogens with zero attached hydrogens (tertiary/aromatic N) is 1. The predicted octanol–water partition coefficient (Wildman–Crippen LogP) is 2.98. The van der Waals surface area contributed by atoms with Crippen LogP contribution in [0.1, 0.15) is 51.9 Å². The zero-order valence-corrected chi connectivity index (χ0v) is 9.97. The summed E-state index contributed by atoms with van der Waals surface area (Å²) in [5.74, 6) is 3.23. The lowest BCUT2D eigenvalue weighted by atomic mass is 9.81. The van der Waals surface area contributed by atoms with Gasteiger partial charge in [-0.15, -0.1) is 0 Å². The molecule has 15 heavy (non-hydrogen) atoms. The van der Waals surface area contributed by atoms with Crippen molar-refractivity contribution in [2.24, 2.45) is 16.8 Å². The molecule has 1 saturated carbocycles. The Morgan fingerprint density at radius 1 is 1.27 bits per heavy atom. The van der Waals surface area contributed by atoms with Crippen LogP contribution in [-0.2, 0) is 0 Å². The summed E-state index contributed by atoms with van der Waals surface area (Å²) in [4.78, 5) is 4.44. The van der Waals surface area contributed by atoms with E-state index in [0.29, 0.717) is 0 Å². The van der Waals surface area contributed by atoms with Gasteiger partial charge in [0.05, 0.1) is 5.84 Å². The van der Waals surface area contributed by atoms with Crippen molar-refractivity contribution in [2.75, 3.05) is 13.1 Å². The molecular weight excluding hydrogens is 184 g/mol. The van der Waals surface area contributed by atoms with E-state index < -0.39 is 0 Å². The lowest BCUT2D eigenvalue weighted by Crippen LogP contribution is -2.25. The van der Waals surface area contributed by atoms with Gasteiger partial charge in [-0.3, -0.25) is 4.99 Å². The average Bonchev–Trinajstić information content (AvgIpc) is 2.74. The monoisotopic (exact) mass is 208 g/mol. The molecule has 0 bridgehead atoms. The summed E-state index contributed by atoms with van der Waals surface area (Å²) in [6.07, 6.45) is 9.60. The Kier molecular flexibility index (Phi) is 4.04. The quantitative estimate of drug-likeness (QED) is 0.757. The first-order valence-electron chi connectivity index (χ1n) is 6.62. The lowest BCUT2D eigenvalue weighted by Gasteiger charge is -2.26. The average molecular weight is 208 g/mol. The zero-order valence-electron chi connectivity index (χ0n) is 9.97. The highest BCUT2D eigenvalue weighted by Crippen LogP contribution is 2.29. The van der Waals surface area contributed by atoms with Crippen molar-refractivity contribution < 1.29 is 0 Å². The minimum Gasteiger partial charge on any atom is -0.374 e. The molecule has 0 aromatic heterocycles. The third-order valence-electron chi connectivity index (χ3n) is 3.89. The number of hydrogen-bond donors (Lipinski definition) is 1. The van der Waals surface area contributed by atoms with E-state index in [0.717, 1.165) is 24.9 Å². The van der Waals surface area contributed by atoms with E-state index in [-0.39, 0.29) is 0 Å². The molecule has 1 heterocycles. The van der Waals surface area contributed by atoms with Crippen LogP contribution in [-0.4, -0.2) is 18.9 Å². The van der Waals surface area contributed by atoms with E-state index in [9.17, 15) is 0 Å². The molecule has 0 spiro atoms. The highest BCUT2D eigenvalue weighted by molar-refractivity contribution is 5.83. The van der Waals surface area contributed by atoms with E-state index in [1.165, 1.54) is 50.8 Å². The van der Waals surface area contributed by atoms with Crippen molar-refractivity contribution in [3.05, 3.63) is 0 Å². The van der Waals surface area contributed by atoms with Crippen molar-refractivity contribution in [1.82, 2.24) is 5.32 Å². The normalized spacial score (nSPS) is 31.4. The van der Waals surface area contributed by atoms with Gasteiger partial charge in [0.1, 0.15) is 0 Å². The first-order chi connectivity index (χ1) is 7.34. The predicted molar refractivity (Wildman–Crippen MR) is 65.3 cm³/mol. The molecule has 1 aliphatic carbocycles. The summed E-state index contributed by atoms with van der Waals surface area (Å²) in [7, 11) is 0. The highest BCUT2D eigenvalue weighted by atomic mass is 15.0. The van der Waals surface area contributed by atoms with Gasteiger partial charge in [0.2, 0.25) is 0 Å².